The maximum Gasteiger partial charge on any atom is 0.372 e. The Balaban J connectivity index is 2.23. The second-order valence-electron chi connectivity index (χ2n) is 4.20. The van der Waals surface area contributed by atoms with Crippen LogP contribution in [0.15, 0.2) is 33.5 Å². The van der Waals surface area contributed by atoms with Gasteiger partial charge in [-0.1, -0.05) is 6.92 Å². The first-order valence-corrected chi connectivity index (χ1v) is 5.61. The van der Waals surface area contributed by atoms with Crippen LogP contribution in [0.2, 0.25) is 0 Å². The largest absolute Gasteiger partial charge is 0.475 e. The summed E-state index contributed by atoms with van der Waals surface area (Å²) in [5.74, 6) is -2.71. The SMILES string of the molecule is CC(Cc1ccoc1C(=O)O)c1ccoc1C(=O)O. The Morgan fingerprint density at radius 3 is 2.32 bits per heavy atom. The summed E-state index contributed by atoms with van der Waals surface area (Å²) in [6, 6.07) is 3.15. The summed E-state index contributed by atoms with van der Waals surface area (Å²) in [6.07, 6.45) is 2.97. The topological polar surface area (TPSA) is 101 Å². The van der Waals surface area contributed by atoms with Crippen molar-refractivity contribution in [2.75, 3.05) is 0 Å². The number of hydrogen-bond acceptors (Lipinski definition) is 4. The molecule has 19 heavy (non-hydrogen) atoms. The van der Waals surface area contributed by atoms with Crippen molar-refractivity contribution < 1.29 is 28.6 Å². The number of rotatable bonds is 5. The third-order valence-electron chi connectivity index (χ3n) is 2.89. The average molecular weight is 264 g/mol. The Morgan fingerprint density at radius 1 is 1.11 bits per heavy atom. The van der Waals surface area contributed by atoms with Crippen LogP contribution in [-0.4, -0.2) is 22.2 Å². The Labute approximate surface area is 108 Å². The van der Waals surface area contributed by atoms with Gasteiger partial charge in [0.25, 0.3) is 0 Å². The first kappa shape index (κ1) is 12.9. The minimum Gasteiger partial charge on any atom is -0.475 e. The Morgan fingerprint density at radius 2 is 1.68 bits per heavy atom. The molecule has 2 rings (SSSR count). The van der Waals surface area contributed by atoms with Gasteiger partial charge in [0.15, 0.2) is 0 Å². The molecular weight excluding hydrogens is 252 g/mol. The van der Waals surface area contributed by atoms with Crippen LogP contribution in [0.25, 0.3) is 0 Å². The van der Waals surface area contributed by atoms with Gasteiger partial charge in [-0.05, 0) is 24.5 Å². The van der Waals surface area contributed by atoms with Gasteiger partial charge in [0, 0.05) is 11.1 Å². The lowest BCUT2D eigenvalue weighted by Crippen LogP contribution is -2.06. The lowest BCUT2D eigenvalue weighted by Gasteiger charge is -2.09. The van der Waals surface area contributed by atoms with E-state index in [0.29, 0.717) is 17.5 Å². The standard InChI is InChI=1S/C13H12O6/c1-7(9-3-5-19-11(9)13(16)17)6-8-2-4-18-10(8)12(14)15/h2-5,7H,6H2,1H3,(H,14,15)(H,16,17). The molecule has 1 atom stereocenters. The molecule has 0 aliphatic rings. The summed E-state index contributed by atoms with van der Waals surface area (Å²) in [6.45, 7) is 1.80. The first-order valence-electron chi connectivity index (χ1n) is 5.61. The summed E-state index contributed by atoms with van der Waals surface area (Å²) < 4.78 is 9.79. The molecule has 6 nitrogen and oxygen atoms in total. The van der Waals surface area contributed by atoms with Crippen molar-refractivity contribution >= 4 is 11.9 Å². The number of carboxylic acid groups (broad SMARTS) is 2. The Bertz CT molecular complexity index is 606. The highest BCUT2D eigenvalue weighted by molar-refractivity contribution is 5.87. The molecule has 0 radical (unpaired) electrons. The lowest BCUT2D eigenvalue weighted by molar-refractivity contribution is 0.0649. The van der Waals surface area contributed by atoms with Gasteiger partial charge in [-0.2, -0.15) is 0 Å². The van der Waals surface area contributed by atoms with Gasteiger partial charge < -0.3 is 19.0 Å². The van der Waals surface area contributed by atoms with E-state index in [-0.39, 0.29) is 17.4 Å². The van der Waals surface area contributed by atoms with Crippen molar-refractivity contribution in [2.45, 2.75) is 19.3 Å². The van der Waals surface area contributed by atoms with E-state index in [1.165, 1.54) is 12.5 Å². The van der Waals surface area contributed by atoms with Crippen LogP contribution in [0.5, 0.6) is 0 Å². The number of aromatic carboxylic acids is 2. The van der Waals surface area contributed by atoms with Crippen molar-refractivity contribution in [1.29, 1.82) is 0 Å². The van der Waals surface area contributed by atoms with E-state index >= 15 is 0 Å². The van der Waals surface area contributed by atoms with E-state index in [2.05, 4.69) is 0 Å². The summed E-state index contributed by atoms with van der Waals surface area (Å²) in [5, 5.41) is 17.9. The van der Waals surface area contributed by atoms with Gasteiger partial charge in [0.2, 0.25) is 11.5 Å². The highest BCUT2D eigenvalue weighted by Crippen LogP contribution is 2.26. The van der Waals surface area contributed by atoms with E-state index in [0.717, 1.165) is 0 Å². The van der Waals surface area contributed by atoms with Crippen LogP contribution < -0.4 is 0 Å². The fourth-order valence-electron chi connectivity index (χ4n) is 2.00. The van der Waals surface area contributed by atoms with Crippen molar-refractivity contribution in [1.82, 2.24) is 0 Å². The summed E-state index contributed by atoms with van der Waals surface area (Å²) in [4.78, 5) is 21.9. The molecule has 2 N–H and O–H groups in total. The van der Waals surface area contributed by atoms with Crippen LogP contribution in [0.4, 0.5) is 0 Å². The quantitative estimate of drug-likeness (QED) is 0.860. The van der Waals surface area contributed by atoms with Gasteiger partial charge in [-0.15, -0.1) is 0 Å². The second-order valence-corrected chi connectivity index (χ2v) is 4.20. The average Bonchev–Trinajstić information content (AvgIpc) is 2.96. The number of carbonyl (C=O) groups is 2. The predicted molar refractivity (Wildman–Crippen MR) is 63.5 cm³/mol. The monoisotopic (exact) mass is 264 g/mol. The second kappa shape index (κ2) is 5.01. The zero-order chi connectivity index (χ0) is 14.0. The molecule has 0 saturated heterocycles. The molecule has 2 heterocycles. The summed E-state index contributed by atoms with van der Waals surface area (Å²) in [5.41, 5.74) is 1.06. The van der Waals surface area contributed by atoms with Gasteiger partial charge >= 0.3 is 11.9 Å². The molecule has 0 saturated carbocycles. The van der Waals surface area contributed by atoms with Crippen LogP contribution in [-0.2, 0) is 6.42 Å². The molecule has 2 aromatic heterocycles. The third-order valence-corrected chi connectivity index (χ3v) is 2.89. The Kier molecular flexibility index (Phi) is 3.41. The number of hydrogen-bond donors (Lipinski definition) is 2. The summed E-state index contributed by atoms with van der Waals surface area (Å²) >= 11 is 0. The highest BCUT2D eigenvalue weighted by atomic mass is 16.4. The van der Waals surface area contributed by atoms with Crippen LogP contribution in [0.1, 0.15) is 45.1 Å². The van der Waals surface area contributed by atoms with E-state index in [1.807, 2.05) is 0 Å². The van der Waals surface area contributed by atoms with E-state index < -0.39 is 11.9 Å². The van der Waals surface area contributed by atoms with E-state index in [4.69, 9.17) is 19.0 Å². The maximum absolute atomic E-state index is 11.0. The van der Waals surface area contributed by atoms with E-state index in [1.54, 1.807) is 19.1 Å². The van der Waals surface area contributed by atoms with E-state index in [9.17, 15) is 9.59 Å². The van der Waals surface area contributed by atoms with Gasteiger partial charge in [0.05, 0.1) is 12.5 Å². The minimum absolute atomic E-state index is 0.118. The minimum atomic E-state index is -1.14. The van der Waals surface area contributed by atoms with Gasteiger partial charge in [-0.25, -0.2) is 9.59 Å². The zero-order valence-electron chi connectivity index (χ0n) is 10.1. The summed E-state index contributed by atoms with van der Waals surface area (Å²) in [7, 11) is 0. The van der Waals surface area contributed by atoms with Crippen LogP contribution in [0.3, 0.4) is 0 Å². The molecule has 0 amide bonds. The number of carboxylic acids is 2. The molecule has 2 aromatic rings. The van der Waals surface area contributed by atoms with Gasteiger partial charge in [-0.3, -0.25) is 0 Å². The van der Waals surface area contributed by atoms with Crippen molar-refractivity contribution in [2.24, 2.45) is 0 Å². The molecule has 0 bridgehead atoms. The smallest absolute Gasteiger partial charge is 0.372 e. The normalized spacial score (nSPS) is 12.3. The van der Waals surface area contributed by atoms with Crippen molar-refractivity contribution in [3.8, 4) is 0 Å². The van der Waals surface area contributed by atoms with Crippen LogP contribution >= 0.6 is 0 Å². The Hall–Kier alpha value is -2.50. The molecule has 0 spiro atoms. The molecule has 0 aromatic carbocycles. The maximum atomic E-state index is 11.0. The molecule has 0 aliphatic carbocycles. The molecule has 100 valence electrons. The lowest BCUT2D eigenvalue weighted by atomic mass is 9.94. The van der Waals surface area contributed by atoms with Crippen molar-refractivity contribution in [3.63, 3.8) is 0 Å². The van der Waals surface area contributed by atoms with Crippen LogP contribution in [0, 0.1) is 0 Å². The molecular formula is C13H12O6. The highest BCUT2D eigenvalue weighted by Gasteiger charge is 2.22. The third kappa shape index (κ3) is 2.52. The first-order chi connectivity index (χ1) is 9.00. The fraction of sp³-hybridized carbons (Fsp3) is 0.231. The zero-order valence-corrected chi connectivity index (χ0v) is 10.1. The van der Waals surface area contributed by atoms with Crippen molar-refractivity contribution in [3.05, 3.63) is 47.3 Å². The molecule has 6 heteroatoms. The predicted octanol–water partition coefficient (Wildman–Crippen LogP) is 2.62. The number of furan rings is 2. The molecule has 1 unspecified atom stereocenters. The molecule has 0 aliphatic heterocycles. The fourth-order valence-corrected chi connectivity index (χ4v) is 2.00. The van der Waals surface area contributed by atoms with Gasteiger partial charge in [0.1, 0.15) is 0 Å². The molecule has 0 fully saturated rings.